The Morgan fingerprint density at radius 1 is 1.32 bits per heavy atom. The number of halogens is 2. The van der Waals surface area contributed by atoms with E-state index < -0.39 is 6.04 Å². The molecular formula is C18H23Cl2NO3S. The van der Waals surface area contributed by atoms with E-state index in [1.807, 2.05) is 20.8 Å². The van der Waals surface area contributed by atoms with Gasteiger partial charge in [-0.2, -0.15) is 0 Å². The molecule has 1 aliphatic heterocycles. The van der Waals surface area contributed by atoms with Crippen LogP contribution in [0, 0.1) is 5.92 Å². The molecule has 1 aromatic rings. The molecule has 0 aromatic heterocycles. The van der Waals surface area contributed by atoms with E-state index in [0.29, 0.717) is 28.0 Å². The first kappa shape index (κ1) is 20.4. The number of hydrogen-bond acceptors (Lipinski definition) is 4. The highest BCUT2D eigenvalue weighted by Crippen LogP contribution is 2.36. The number of hydrogen-bond donors (Lipinski definition) is 0. The van der Waals surface area contributed by atoms with E-state index in [1.165, 1.54) is 0 Å². The van der Waals surface area contributed by atoms with Gasteiger partial charge in [0.25, 0.3) is 5.91 Å². The lowest BCUT2D eigenvalue weighted by Gasteiger charge is -2.30. The number of nitrogens with zero attached hydrogens (tertiary/aromatic N) is 1. The zero-order valence-corrected chi connectivity index (χ0v) is 17.0. The summed E-state index contributed by atoms with van der Waals surface area (Å²) in [7, 11) is 0. The van der Waals surface area contributed by atoms with Gasteiger partial charge in [-0.25, -0.2) is 4.79 Å². The SMILES string of the molecule is CCCCOC(=O)[C@H]1CS[C@@H](C(C)C)N1C(=O)c1ccc(Cl)c(Cl)c1. The standard InChI is InChI=1S/C18H23Cl2NO3S/c1-4-5-8-24-18(23)15-10-25-17(11(2)3)21(15)16(22)12-6-7-13(19)14(20)9-12/h6-7,9,11,15,17H,4-5,8,10H2,1-3H3/t15-,17+/m1/s1. The minimum absolute atomic E-state index is 0.0781. The lowest BCUT2D eigenvalue weighted by Crippen LogP contribution is -2.47. The molecule has 0 bridgehead atoms. The zero-order chi connectivity index (χ0) is 18.6. The molecule has 1 saturated heterocycles. The van der Waals surface area contributed by atoms with E-state index in [2.05, 4.69) is 0 Å². The van der Waals surface area contributed by atoms with Crippen molar-refractivity contribution in [2.75, 3.05) is 12.4 Å². The molecule has 0 spiro atoms. The van der Waals surface area contributed by atoms with Crippen molar-refractivity contribution in [3.05, 3.63) is 33.8 Å². The van der Waals surface area contributed by atoms with Crippen molar-refractivity contribution in [2.24, 2.45) is 5.92 Å². The highest BCUT2D eigenvalue weighted by Gasteiger charge is 2.43. The third-order valence-corrected chi connectivity index (χ3v) is 6.38. The number of ether oxygens (including phenoxy) is 1. The predicted octanol–water partition coefficient (Wildman–Crippen LogP) is 4.88. The minimum Gasteiger partial charge on any atom is -0.464 e. The van der Waals surface area contributed by atoms with E-state index in [9.17, 15) is 9.59 Å². The Balaban J connectivity index is 2.24. The maximum Gasteiger partial charge on any atom is 0.329 e. The number of amides is 1. The Bertz CT molecular complexity index is 639. The van der Waals surface area contributed by atoms with Crippen LogP contribution in [0.4, 0.5) is 0 Å². The Kier molecular flexibility index (Phi) is 7.47. The Labute approximate surface area is 163 Å². The normalized spacial score (nSPS) is 20.2. The second kappa shape index (κ2) is 9.15. The molecule has 1 fully saturated rings. The summed E-state index contributed by atoms with van der Waals surface area (Å²) in [6.07, 6.45) is 1.77. The van der Waals surface area contributed by atoms with Gasteiger partial charge in [-0.15, -0.1) is 11.8 Å². The number of thioether (sulfide) groups is 1. The van der Waals surface area contributed by atoms with Crippen molar-refractivity contribution in [1.29, 1.82) is 0 Å². The van der Waals surface area contributed by atoms with Crippen LogP contribution in [-0.4, -0.2) is 40.6 Å². The van der Waals surface area contributed by atoms with Gasteiger partial charge in [-0.1, -0.05) is 50.4 Å². The van der Waals surface area contributed by atoms with Gasteiger partial charge in [-0.3, -0.25) is 4.79 Å². The lowest BCUT2D eigenvalue weighted by molar-refractivity contribution is -0.148. The molecule has 138 valence electrons. The van der Waals surface area contributed by atoms with E-state index in [4.69, 9.17) is 27.9 Å². The van der Waals surface area contributed by atoms with E-state index in [0.717, 1.165) is 12.8 Å². The van der Waals surface area contributed by atoms with Gasteiger partial charge in [0.15, 0.2) is 0 Å². The first-order chi connectivity index (χ1) is 11.9. The third kappa shape index (κ3) is 4.83. The van der Waals surface area contributed by atoms with Gasteiger partial charge in [0.1, 0.15) is 6.04 Å². The van der Waals surface area contributed by atoms with E-state index in [1.54, 1.807) is 34.9 Å². The maximum atomic E-state index is 13.1. The topological polar surface area (TPSA) is 46.6 Å². The van der Waals surface area contributed by atoms with Crippen LogP contribution >= 0.6 is 35.0 Å². The number of esters is 1. The van der Waals surface area contributed by atoms with Gasteiger partial charge < -0.3 is 9.64 Å². The summed E-state index contributed by atoms with van der Waals surface area (Å²) >= 11 is 13.6. The molecule has 25 heavy (non-hydrogen) atoms. The molecule has 2 atom stereocenters. The van der Waals surface area contributed by atoms with Crippen molar-refractivity contribution in [2.45, 2.75) is 45.0 Å². The van der Waals surface area contributed by atoms with Crippen LogP contribution < -0.4 is 0 Å². The van der Waals surface area contributed by atoms with Crippen molar-refractivity contribution in [3.63, 3.8) is 0 Å². The number of carbonyl (C=O) groups is 2. The van der Waals surface area contributed by atoms with Crippen LogP contribution in [0.5, 0.6) is 0 Å². The quantitative estimate of drug-likeness (QED) is 0.501. The molecular weight excluding hydrogens is 381 g/mol. The predicted molar refractivity (Wildman–Crippen MR) is 103 cm³/mol. The molecule has 0 unspecified atom stereocenters. The summed E-state index contributed by atoms with van der Waals surface area (Å²) in [4.78, 5) is 27.2. The summed E-state index contributed by atoms with van der Waals surface area (Å²) in [5.74, 6) is 0.198. The molecule has 0 N–H and O–H groups in total. The fourth-order valence-corrected chi connectivity index (χ4v) is 4.43. The molecule has 7 heteroatoms. The molecule has 1 amide bonds. The highest BCUT2D eigenvalue weighted by atomic mass is 35.5. The van der Waals surface area contributed by atoms with Crippen LogP contribution in [0.25, 0.3) is 0 Å². The Morgan fingerprint density at radius 3 is 2.64 bits per heavy atom. The smallest absolute Gasteiger partial charge is 0.329 e. The van der Waals surface area contributed by atoms with Crippen LogP contribution in [-0.2, 0) is 9.53 Å². The summed E-state index contributed by atoms with van der Waals surface area (Å²) in [6, 6.07) is 4.21. The highest BCUT2D eigenvalue weighted by molar-refractivity contribution is 8.00. The van der Waals surface area contributed by atoms with Gasteiger partial charge in [0, 0.05) is 11.3 Å². The third-order valence-electron chi connectivity index (χ3n) is 4.02. The molecule has 1 aliphatic rings. The lowest BCUT2D eigenvalue weighted by atomic mass is 10.1. The maximum absolute atomic E-state index is 13.1. The van der Waals surface area contributed by atoms with Gasteiger partial charge in [0.2, 0.25) is 0 Å². The average molecular weight is 404 g/mol. The number of carbonyl (C=O) groups excluding carboxylic acids is 2. The minimum atomic E-state index is -0.573. The molecule has 2 rings (SSSR count). The summed E-state index contributed by atoms with van der Waals surface area (Å²) in [5.41, 5.74) is 0.425. The second-order valence-corrected chi connectivity index (χ2v) is 8.31. The molecule has 0 radical (unpaired) electrons. The van der Waals surface area contributed by atoms with Gasteiger partial charge in [-0.05, 0) is 30.5 Å². The average Bonchev–Trinajstić information content (AvgIpc) is 3.02. The van der Waals surface area contributed by atoms with Crippen LogP contribution in [0.15, 0.2) is 18.2 Å². The Hall–Kier alpha value is -0.910. The molecule has 4 nitrogen and oxygen atoms in total. The van der Waals surface area contributed by atoms with Crippen molar-refractivity contribution in [3.8, 4) is 0 Å². The molecule has 1 heterocycles. The molecule has 0 saturated carbocycles. The fourth-order valence-electron chi connectivity index (χ4n) is 2.67. The van der Waals surface area contributed by atoms with Gasteiger partial charge in [0.05, 0.1) is 22.0 Å². The monoisotopic (exact) mass is 403 g/mol. The fraction of sp³-hybridized carbons (Fsp3) is 0.556. The van der Waals surface area contributed by atoms with Crippen LogP contribution in [0.3, 0.4) is 0 Å². The zero-order valence-electron chi connectivity index (χ0n) is 14.6. The van der Waals surface area contributed by atoms with E-state index >= 15 is 0 Å². The van der Waals surface area contributed by atoms with Gasteiger partial charge >= 0.3 is 5.97 Å². The summed E-state index contributed by atoms with van der Waals surface area (Å²) in [6.45, 7) is 6.50. The first-order valence-electron chi connectivity index (χ1n) is 8.42. The van der Waals surface area contributed by atoms with Crippen LogP contribution in [0.2, 0.25) is 10.0 Å². The molecule has 1 aromatic carbocycles. The van der Waals surface area contributed by atoms with Crippen LogP contribution in [0.1, 0.15) is 44.0 Å². The summed E-state index contributed by atoms with van der Waals surface area (Å²) < 4.78 is 5.36. The largest absolute Gasteiger partial charge is 0.464 e. The number of rotatable bonds is 6. The van der Waals surface area contributed by atoms with Crippen molar-refractivity contribution >= 4 is 46.8 Å². The number of benzene rings is 1. The Morgan fingerprint density at radius 2 is 2.04 bits per heavy atom. The molecule has 0 aliphatic carbocycles. The first-order valence-corrected chi connectivity index (χ1v) is 10.2. The van der Waals surface area contributed by atoms with Crippen molar-refractivity contribution < 1.29 is 14.3 Å². The van der Waals surface area contributed by atoms with E-state index in [-0.39, 0.29) is 23.2 Å². The summed E-state index contributed by atoms with van der Waals surface area (Å²) in [5, 5.41) is 0.637. The van der Waals surface area contributed by atoms with Crippen molar-refractivity contribution in [1.82, 2.24) is 4.90 Å². The second-order valence-electron chi connectivity index (χ2n) is 6.35. The number of unbranched alkanes of at least 4 members (excludes halogenated alkanes) is 1.